The van der Waals surface area contributed by atoms with Gasteiger partial charge in [0.1, 0.15) is 0 Å². The summed E-state index contributed by atoms with van der Waals surface area (Å²) in [6.45, 7) is 0. The fourth-order valence-corrected chi connectivity index (χ4v) is 4.62. The molecule has 0 atom stereocenters. The van der Waals surface area contributed by atoms with Crippen molar-refractivity contribution >= 4 is 63.0 Å². The van der Waals surface area contributed by atoms with Crippen LogP contribution in [-0.2, 0) is 4.79 Å². The van der Waals surface area contributed by atoms with Crippen molar-refractivity contribution in [3.8, 4) is 0 Å². The third-order valence-corrected chi connectivity index (χ3v) is 6.42. The molecule has 1 aliphatic rings. The zero-order valence-corrected chi connectivity index (χ0v) is 16.6. The molecule has 1 fully saturated rings. The van der Waals surface area contributed by atoms with Crippen molar-refractivity contribution < 1.29 is 4.79 Å². The van der Waals surface area contributed by atoms with E-state index in [1.165, 1.54) is 55.2 Å². The molecule has 1 aromatic heterocycles. The smallest absolute Gasteiger partial charge is 0.234 e. The number of hydrogen-bond acceptors (Lipinski definition) is 6. The van der Waals surface area contributed by atoms with Crippen LogP contribution in [0.1, 0.15) is 32.1 Å². The largest absolute Gasteiger partial charge is 0.357 e. The Morgan fingerprint density at radius 2 is 2.04 bits per heavy atom. The first-order chi connectivity index (χ1) is 12.1. The van der Waals surface area contributed by atoms with E-state index < -0.39 is 0 Å². The second-order valence-corrected chi connectivity index (χ2v) is 8.86. The van der Waals surface area contributed by atoms with Gasteiger partial charge in [-0.3, -0.25) is 4.79 Å². The zero-order valence-electron chi connectivity index (χ0n) is 13.4. The Kier molecular flexibility index (Phi) is 6.81. The van der Waals surface area contributed by atoms with E-state index in [4.69, 9.17) is 23.2 Å². The van der Waals surface area contributed by atoms with Crippen LogP contribution < -0.4 is 10.6 Å². The van der Waals surface area contributed by atoms with Crippen molar-refractivity contribution in [1.29, 1.82) is 0 Å². The number of benzene rings is 1. The number of anilines is 2. The Labute approximate surface area is 164 Å². The maximum absolute atomic E-state index is 12.1. The Hall–Kier alpha value is -1.02. The molecule has 0 saturated heterocycles. The standard InChI is InChI=1S/C16H18Cl2N4OS2/c17-10-6-7-12(18)13(8-10)20-14(23)9-24-16-22-21-15(25-16)19-11-4-2-1-3-5-11/h6-8,11H,1-5,9H2,(H,19,21)(H,20,23). The number of carbonyl (C=O) groups is 1. The summed E-state index contributed by atoms with van der Waals surface area (Å²) in [7, 11) is 0. The molecule has 2 N–H and O–H groups in total. The van der Waals surface area contributed by atoms with Crippen molar-refractivity contribution in [2.75, 3.05) is 16.4 Å². The summed E-state index contributed by atoms with van der Waals surface area (Å²) in [5, 5.41) is 16.3. The van der Waals surface area contributed by atoms with Crippen LogP contribution in [0, 0.1) is 0 Å². The van der Waals surface area contributed by atoms with Crippen molar-refractivity contribution in [2.45, 2.75) is 42.5 Å². The molecule has 1 amide bonds. The first-order valence-electron chi connectivity index (χ1n) is 8.08. The quantitative estimate of drug-likeness (QED) is 0.623. The minimum Gasteiger partial charge on any atom is -0.357 e. The van der Waals surface area contributed by atoms with Crippen LogP contribution in [0.5, 0.6) is 0 Å². The van der Waals surface area contributed by atoms with E-state index >= 15 is 0 Å². The second-order valence-electron chi connectivity index (χ2n) is 5.81. The Balaban J connectivity index is 1.48. The summed E-state index contributed by atoms with van der Waals surface area (Å²) < 4.78 is 0.769. The Morgan fingerprint density at radius 1 is 1.24 bits per heavy atom. The number of aromatic nitrogens is 2. The molecule has 0 bridgehead atoms. The normalized spacial score (nSPS) is 15.1. The molecular weight excluding hydrogens is 399 g/mol. The zero-order chi connectivity index (χ0) is 17.6. The summed E-state index contributed by atoms with van der Waals surface area (Å²) in [4.78, 5) is 12.1. The van der Waals surface area contributed by atoms with Gasteiger partial charge in [0, 0.05) is 11.1 Å². The molecule has 9 heteroatoms. The minimum atomic E-state index is -0.161. The molecular formula is C16H18Cl2N4OS2. The van der Waals surface area contributed by atoms with Gasteiger partial charge in [-0.15, -0.1) is 10.2 Å². The van der Waals surface area contributed by atoms with Gasteiger partial charge in [-0.25, -0.2) is 0 Å². The highest BCUT2D eigenvalue weighted by Gasteiger charge is 2.16. The summed E-state index contributed by atoms with van der Waals surface area (Å²) >= 11 is 14.8. The maximum atomic E-state index is 12.1. The van der Waals surface area contributed by atoms with Crippen LogP contribution in [0.2, 0.25) is 10.0 Å². The van der Waals surface area contributed by atoms with Crippen LogP contribution >= 0.6 is 46.3 Å². The van der Waals surface area contributed by atoms with Gasteiger partial charge in [0.15, 0.2) is 4.34 Å². The number of carbonyl (C=O) groups excluding carboxylic acids is 1. The van der Waals surface area contributed by atoms with Gasteiger partial charge >= 0.3 is 0 Å². The molecule has 1 aliphatic carbocycles. The van der Waals surface area contributed by atoms with Crippen LogP contribution in [0.4, 0.5) is 10.8 Å². The summed E-state index contributed by atoms with van der Waals surface area (Å²) in [5.74, 6) is 0.0760. The molecule has 1 heterocycles. The van der Waals surface area contributed by atoms with Crippen LogP contribution in [0.25, 0.3) is 0 Å². The Morgan fingerprint density at radius 3 is 2.84 bits per heavy atom. The van der Waals surface area contributed by atoms with Crippen molar-refractivity contribution in [3.05, 3.63) is 28.2 Å². The van der Waals surface area contributed by atoms with E-state index in [0.29, 0.717) is 21.8 Å². The molecule has 0 radical (unpaired) electrons. The highest BCUT2D eigenvalue weighted by atomic mass is 35.5. The summed E-state index contributed by atoms with van der Waals surface area (Å²) in [6, 6.07) is 5.45. The molecule has 2 aromatic rings. The topological polar surface area (TPSA) is 66.9 Å². The van der Waals surface area contributed by atoms with Gasteiger partial charge in [-0.2, -0.15) is 0 Å². The second kappa shape index (κ2) is 9.07. The first-order valence-corrected chi connectivity index (χ1v) is 10.6. The summed E-state index contributed by atoms with van der Waals surface area (Å²) in [5.41, 5.74) is 0.511. The average Bonchev–Trinajstić information content (AvgIpc) is 3.05. The number of rotatable bonds is 6. The monoisotopic (exact) mass is 416 g/mol. The predicted octanol–water partition coefficient (Wildman–Crippen LogP) is 5.32. The third kappa shape index (κ3) is 5.74. The van der Waals surface area contributed by atoms with E-state index in [1.807, 2.05) is 0 Å². The lowest BCUT2D eigenvalue weighted by atomic mass is 9.96. The predicted molar refractivity (Wildman–Crippen MR) is 106 cm³/mol. The lowest BCUT2D eigenvalue weighted by Crippen LogP contribution is -2.21. The molecule has 3 rings (SSSR count). The Bertz CT molecular complexity index is 735. The number of amides is 1. The molecule has 0 spiro atoms. The number of nitrogens with one attached hydrogen (secondary N) is 2. The lowest BCUT2D eigenvalue weighted by Gasteiger charge is -2.21. The maximum Gasteiger partial charge on any atom is 0.234 e. The van der Waals surface area contributed by atoms with E-state index in [-0.39, 0.29) is 11.7 Å². The molecule has 5 nitrogen and oxygen atoms in total. The first kappa shape index (κ1) is 18.8. The number of thioether (sulfide) groups is 1. The molecule has 0 unspecified atom stereocenters. The van der Waals surface area contributed by atoms with Gasteiger partial charge < -0.3 is 10.6 Å². The van der Waals surface area contributed by atoms with Gasteiger partial charge in [-0.1, -0.05) is 65.6 Å². The highest BCUT2D eigenvalue weighted by Crippen LogP contribution is 2.29. The average molecular weight is 417 g/mol. The van der Waals surface area contributed by atoms with Crippen molar-refractivity contribution in [2.24, 2.45) is 0 Å². The van der Waals surface area contributed by atoms with E-state index in [9.17, 15) is 4.79 Å². The van der Waals surface area contributed by atoms with Crippen molar-refractivity contribution in [1.82, 2.24) is 10.2 Å². The van der Waals surface area contributed by atoms with Gasteiger partial charge in [0.2, 0.25) is 11.0 Å². The number of hydrogen-bond donors (Lipinski definition) is 2. The molecule has 1 saturated carbocycles. The van der Waals surface area contributed by atoms with E-state index in [0.717, 1.165) is 9.47 Å². The van der Waals surface area contributed by atoms with Crippen molar-refractivity contribution in [3.63, 3.8) is 0 Å². The number of nitrogens with zero attached hydrogens (tertiary/aromatic N) is 2. The highest BCUT2D eigenvalue weighted by molar-refractivity contribution is 8.01. The number of halogens is 2. The van der Waals surface area contributed by atoms with Gasteiger partial charge in [-0.05, 0) is 31.0 Å². The minimum absolute atomic E-state index is 0.161. The molecule has 25 heavy (non-hydrogen) atoms. The molecule has 134 valence electrons. The molecule has 0 aliphatic heterocycles. The fraction of sp³-hybridized carbons (Fsp3) is 0.438. The third-order valence-electron chi connectivity index (χ3n) is 3.87. The van der Waals surface area contributed by atoms with Gasteiger partial charge in [0.25, 0.3) is 0 Å². The van der Waals surface area contributed by atoms with Gasteiger partial charge in [0.05, 0.1) is 16.5 Å². The lowest BCUT2D eigenvalue weighted by molar-refractivity contribution is -0.113. The van der Waals surface area contributed by atoms with Crippen LogP contribution in [0.3, 0.4) is 0 Å². The van der Waals surface area contributed by atoms with Crippen LogP contribution in [0.15, 0.2) is 22.5 Å². The van der Waals surface area contributed by atoms with Crippen LogP contribution in [-0.4, -0.2) is 27.9 Å². The summed E-state index contributed by atoms with van der Waals surface area (Å²) in [6.07, 6.45) is 6.23. The fourth-order valence-electron chi connectivity index (χ4n) is 2.65. The van der Waals surface area contributed by atoms with E-state index in [1.54, 1.807) is 18.2 Å². The van der Waals surface area contributed by atoms with E-state index in [2.05, 4.69) is 20.8 Å². The SMILES string of the molecule is O=C(CSc1nnc(NC2CCCCC2)s1)Nc1cc(Cl)ccc1Cl. The molecule has 1 aromatic carbocycles.